The molecule has 0 bridgehead atoms. The fourth-order valence-electron chi connectivity index (χ4n) is 1.65. The molecule has 0 unspecified atom stereocenters. The highest BCUT2D eigenvalue weighted by Gasteiger charge is 2.07. The Morgan fingerprint density at radius 1 is 1.42 bits per heavy atom. The topological polar surface area (TPSA) is 42.7 Å². The molecule has 4 nitrogen and oxygen atoms in total. The molecule has 102 valence electrons. The van der Waals surface area contributed by atoms with Gasteiger partial charge in [0.05, 0.1) is 22.6 Å². The van der Waals surface area contributed by atoms with Gasteiger partial charge in [0.25, 0.3) is 0 Å². The lowest BCUT2D eigenvalue weighted by atomic mass is 10.2. The summed E-state index contributed by atoms with van der Waals surface area (Å²) < 4.78 is 2.82. The highest BCUT2D eigenvalue weighted by Crippen LogP contribution is 2.22. The van der Waals surface area contributed by atoms with Crippen molar-refractivity contribution in [2.24, 2.45) is 5.92 Å². The summed E-state index contributed by atoms with van der Waals surface area (Å²) in [5.41, 5.74) is 1.76. The van der Waals surface area contributed by atoms with Crippen molar-refractivity contribution in [2.75, 3.05) is 6.54 Å². The highest BCUT2D eigenvalue weighted by molar-refractivity contribution is 14.1. The third-order valence-electron chi connectivity index (χ3n) is 2.56. The second-order valence-electron chi connectivity index (χ2n) is 4.77. The number of benzene rings is 1. The lowest BCUT2D eigenvalue weighted by Crippen LogP contribution is -2.19. The number of nitrogens with one attached hydrogen (secondary N) is 1. The zero-order valence-corrected chi connectivity index (χ0v) is 13.8. The Morgan fingerprint density at radius 3 is 2.89 bits per heavy atom. The summed E-state index contributed by atoms with van der Waals surface area (Å²) in [5.74, 6) is 0.626. The summed E-state index contributed by atoms with van der Waals surface area (Å²) in [4.78, 5) is 0. The second kappa shape index (κ2) is 6.67. The number of hydrogen-bond acceptors (Lipinski definition) is 3. The summed E-state index contributed by atoms with van der Waals surface area (Å²) in [6.07, 6.45) is 1.90. The lowest BCUT2D eigenvalue weighted by Gasteiger charge is -2.04. The van der Waals surface area contributed by atoms with Crippen LogP contribution in [0.25, 0.3) is 5.69 Å². The van der Waals surface area contributed by atoms with Crippen molar-refractivity contribution >= 4 is 34.2 Å². The van der Waals surface area contributed by atoms with Crippen molar-refractivity contribution in [3.05, 3.63) is 38.7 Å². The minimum Gasteiger partial charge on any atom is -0.311 e. The summed E-state index contributed by atoms with van der Waals surface area (Å²) >= 11 is 8.44. The van der Waals surface area contributed by atoms with Gasteiger partial charge in [-0.15, -0.1) is 5.10 Å². The maximum atomic E-state index is 6.21. The molecule has 1 N–H and O–H groups in total. The van der Waals surface area contributed by atoms with E-state index in [9.17, 15) is 0 Å². The SMILES string of the molecule is CC(C)CNCc1cn(-c2ccc(I)cc2Cl)nn1. The molecule has 0 aliphatic rings. The molecule has 6 heteroatoms. The van der Waals surface area contributed by atoms with Crippen LogP contribution in [-0.2, 0) is 6.54 Å². The zero-order chi connectivity index (χ0) is 13.8. The van der Waals surface area contributed by atoms with Crippen molar-refractivity contribution in [3.63, 3.8) is 0 Å². The summed E-state index contributed by atoms with van der Waals surface area (Å²) in [6, 6.07) is 5.86. The minimum absolute atomic E-state index is 0.626. The number of nitrogens with zero attached hydrogens (tertiary/aromatic N) is 3. The van der Waals surface area contributed by atoms with Gasteiger partial charge in [-0.3, -0.25) is 0 Å². The van der Waals surface area contributed by atoms with Crippen LogP contribution in [0.2, 0.25) is 5.02 Å². The summed E-state index contributed by atoms with van der Waals surface area (Å²) in [6.45, 7) is 6.04. The van der Waals surface area contributed by atoms with Crippen LogP contribution in [0.5, 0.6) is 0 Å². The smallest absolute Gasteiger partial charge is 0.0969 e. The van der Waals surface area contributed by atoms with Gasteiger partial charge in [0.2, 0.25) is 0 Å². The molecule has 0 spiro atoms. The molecule has 0 aliphatic carbocycles. The van der Waals surface area contributed by atoms with E-state index in [1.54, 1.807) is 4.68 Å². The fraction of sp³-hybridized carbons (Fsp3) is 0.385. The third kappa shape index (κ3) is 4.15. The normalized spacial score (nSPS) is 11.2. The van der Waals surface area contributed by atoms with Gasteiger partial charge in [-0.05, 0) is 53.3 Å². The van der Waals surface area contributed by atoms with Gasteiger partial charge < -0.3 is 5.32 Å². The Balaban J connectivity index is 2.08. The molecule has 0 saturated heterocycles. The van der Waals surface area contributed by atoms with Crippen LogP contribution in [-0.4, -0.2) is 21.5 Å². The van der Waals surface area contributed by atoms with Crippen LogP contribution in [0.15, 0.2) is 24.4 Å². The van der Waals surface area contributed by atoms with E-state index in [4.69, 9.17) is 11.6 Å². The predicted octanol–water partition coefficient (Wildman–Crippen LogP) is 3.27. The molecule has 0 fully saturated rings. The van der Waals surface area contributed by atoms with Crippen molar-refractivity contribution in [1.29, 1.82) is 0 Å². The minimum atomic E-state index is 0.626. The van der Waals surface area contributed by atoms with Gasteiger partial charge in [0.1, 0.15) is 0 Å². The van der Waals surface area contributed by atoms with Crippen LogP contribution < -0.4 is 5.32 Å². The molecule has 2 aromatic rings. The number of rotatable bonds is 5. The van der Waals surface area contributed by atoms with E-state index in [1.165, 1.54) is 0 Å². The first-order chi connectivity index (χ1) is 9.06. The molecule has 2 rings (SSSR count). The van der Waals surface area contributed by atoms with E-state index >= 15 is 0 Å². The van der Waals surface area contributed by atoms with E-state index < -0.39 is 0 Å². The van der Waals surface area contributed by atoms with Crippen molar-refractivity contribution in [3.8, 4) is 5.69 Å². The van der Waals surface area contributed by atoms with Crippen LogP contribution in [0.3, 0.4) is 0 Å². The zero-order valence-electron chi connectivity index (χ0n) is 10.9. The van der Waals surface area contributed by atoms with E-state index in [2.05, 4.69) is 52.1 Å². The molecular weight excluding hydrogens is 375 g/mol. The van der Waals surface area contributed by atoms with Gasteiger partial charge >= 0.3 is 0 Å². The van der Waals surface area contributed by atoms with E-state index in [0.717, 1.165) is 28.0 Å². The first-order valence-electron chi connectivity index (χ1n) is 6.13. The first-order valence-corrected chi connectivity index (χ1v) is 7.59. The summed E-state index contributed by atoms with van der Waals surface area (Å²) in [5, 5.41) is 12.3. The molecule has 1 heterocycles. The average Bonchev–Trinajstić information content (AvgIpc) is 2.77. The molecule has 0 aliphatic heterocycles. The van der Waals surface area contributed by atoms with Crippen LogP contribution in [0.4, 0.5) is 0 Å². The quantitative estimate of drug-likeness (QED) is 0.797. The molecule has 1 aromatic carbocycles. The fourth-order valence-corrected chi connectivity index (χ4v) is 2.60. The largest absolute Gasteiger partial charge is 0.311 e. The van der Waals surface area contributed by atoms with Crippen molar-refractivity contribution < 1.29 is 0 Å². The van der Waals surface area contributed by atoms with Crippen LogP contribution in [0, 0.1) is 9.49 Å². The molecule has 1 aromatic heterocycles. The predicted molar refractivity (Wildman–Crippen MR) is 85.6 cm³/mol. The average molecular weight is 391 g/mol. The van der Waals surface area contributed by atoms with E-state index in [0.29, 0.717) is 10.9 Å². The van der Waals surface area contributed by atoms with E-state index in [1.807, 2.05) is 24.4 Å². The van der Waals surface area contributed by atoms with Crippen LogP contribution in [0.1, 0.15) is 19.5 Å². The Labute approximate surface area is 131 Å². The van der Waals surface area contributed by atoms with Gasteiger partial charge in [-0.1, -0.05) is 30.7 Å². The lowest BCUT2D eigenvalue weighted by molar-refractivity contribution is 0.548. The summed E-state index contributed by atoms with van der Waals surface area (Å²) in [7, 11) is 0. The van der Waals surface area contributed by atoms with Gasteiger partial charge in [0, 0.05) is 10.1 Å². The highest BCUT2D eigenvalue weighted by atomic mass is 127. The third-order valence-corrected chi connectivity index (χ3v) is 3.53. The maximum Gasteiger partial charge on any atom is 0.0969 e. The standard InChI is InChI=1S/C13H16ClIN4/c1-9(2)6-16-7-11-8-19(18-17-11)13-4-3-10(15)5-12(13)14/h3-5,8-9,16H,6-7H2,1-2H3. The molecule has 0 saturated carbocycles. The Bertz CT molecular complexity index is 553. The monoisotopic (exact) mass is 390 g/mol. The van der Waals surface area contributed by atoms with Gasteiger partial charge in [-0.2, -0.15) is 0 Å². The maximum absolute atomic E-state index is 6.21. The Hall–Kier alpha value is -0.660. The van der Waals surface area contributed by atoms with Crippen molar-refractivity contribution in [2.45, 2.75) is 20.4 Å². The van der Waals surface area contributed by atoms with Gasteiger partial charge in [-0.25, -0.2) is 4.68 Å². The number of aromatic nitrogens is 3. The second-order valence-corrected chi connectivity index (χ2v) is 6.43. The van der Waals surface area contributed by atoms with Crippen molar-refractivity contribution in [1.82, 2.24) is 20.3 Å². The molecular formula is C13H16ClIN4. The molecule has 0 radical (unpaired) electrons. The molecule has 0 amide bonds. The Kier molecular flexibility index (Phi) is 5.18. The number of halogens is 2. The number of hydrogen-bond donors (Lipinski definition) is 1. The van der Waals surface area contributed by atoms with Crippen LogP contribution >= 0.6 is 34.2 Å². The molecule has 19 heavy (non-hydrogen) atoms. The first kappa shape index (κ1) is 14.7. The van der Waals surface area contributed by atoms with E-state index in [-0.39, 0.29) is 0 Å². The Morgan fingerprint density at radius 2 is 2.21 bits per heavy atom. The molecule has 0 atom stereocenters. The van der Waals surface area contributed by atoms with Gasteiger partial charge in [0.15, 0.2) is 0 Å².